The summed E-state index contributed by atoms with van der Waals surface area (Å²) in [5.74, 6) is -3.15. The predicted molar refractivity (Wildman–Crippen MR) is 68.8 cm³/mol. The van der Waals surface area contributed by atoms with Gasteiger partial charge in [0.1, 0.15) is 11.3 Å². The lowest BCUT2D eigenvalue weighted by Crippen LogP contribution is -2.51. The highest BCUT2D eigenvalue weighted by Crippen LogP contribution is 2.35. The van der Waals surface area contributed by atoms with Crippen molar-refractivity contribution in [1.82, 2.24) is 10.6 Å². The lowest BCUT2D eigenvalue weighted by atomic mass is 10.1. The number of ether oxygens (including phenoxy) is 1. The second kappa shape index (κ2) is 5.52. The number of amides is 4. The molecule has 1 fully saturated rings. The van der Waals surface area contributed by atoms with Crippen molar-refractivity contribution in [3.63, 3.8) is 0 Å². The zero-order valence-corrected chi connectivity index (χ0v) is 11.0. The van der Waals surface area contributed by atoms with Crippen molar-refractivity contribution in [3.8, 4) is 11.5 Å². The largest absolute Gasteiger partial charge is 0.865 e. The molecule has 0 bridgehead atoms. The summed E-state index contributed by atoms with van der Waals surface area (Å²) < 4.78 is 4.73. The first-order valence-corrected chi connectivity index (χ1v) is 5.75. The molecule has 4 amide bonds. The lowest BCUT2D eigenvalue weighted by molar-refractivity contribution is -0.398. The van der Waals surface area contributed by atoms with Gasteiger partial charge < -0.3 is 9.84 Å². The Balaban J connectivity index is 2.53. The second-order valence-electron chi connectivity index (χ2n) is 4.12. The van der Waals surface area contributed by atoms with E-state index < -0.39 is 39.8 Å². The van der Waals surface area contributed by atoms with Crippen LogP contribution in [0.2, 0.25) is 0 Å². The van der Waals surface area contributed by atoms with Crippen LogP contribution in [0.25, 0.3) is 6.08 Å². The number of imide groups is 2. The molecule has 0 aromatic heterocycles. The van der Waals surface area contributed by atoms with Crippen molar-refractivity contribution < 1.29 is 29.2 Å². The van der Waals surface area contributed by atoms with Crippen LogP contribution in [0.4, 0.5) is 10.5 Å². The van der Waals surface area contributed by atoms with Gasteiger partial charge in [0.25, 0.3) is 17.5 Å². The predicted octanol–water partition coefficient (Wildman–Crippen LogP) is -0.574. The molecule has 1 aromatic carbocycles. The van der Waals surface area contributed by atoms with Crippen LogP contribution in [0.5, 0.6) is 11.5 Å². The van der Waals surface area contributed by atoms with Gasteiger partial charge in [-0.05, 0) is 17.7 Å². The van der Waals surface area contributed by atoms with Gasteiger partial charge in [-0.3, -0.25) is 30.3 Å². The Morgan fingerprint density at radius 1 is 1.18 bits per heavy atom. The van der Waals surface area contributed by atoms with E-state index in [4.69, 9.17) is 4.74 Å². The molecule has 0 unspecified atom stereocenters. The van der Waals surface area contributed by atoms with Crippen molar-refractivity contribution in [2.45, 2.75) is 0 Å². The summed E-state index contributed by atoms with van der Waals surface area (Å²) in [6.45, 7) is 0. The summed E-state index contributed by atoms with van der Waals surface area (Å²) in [6.07, 6.45) is 1.01. The standard InChI is InChI=1S/C12H9N3O7/c1-22-8-4-5(3-7(9(8)16)15(20)21)2-6-10(17)13-12(19)14-11(6)18/h2-4,16H,1H3,(H2,13,14,17,18,19)/p-1. The molecule has 1 aromatic rings. The summed E-state index contributed by atoms with van der Waals surface area (Å²) in [5, 5.41) is 26.2. The molecule has 1 aliphatic heterocycles. The van der Waals surface area contributed by atoms with Crippen molar-refractivity contribution in [1.29, 1.82) is 0 Å². The Labute approximate surface area is 122 Å². The molecule has 114 valence electrons. The van der Waals surface area contributed by atoms with Gasteiger partial charge >= 0.3 is 6.03 Å². The maximum absolute atomic E-state index is 11.7. The van der Waals surface area contributed by atoms with Crippen molar-refractivity contribution in [2.75, 3.05) is 7.11 Å². The van der Waals surface area contributed by atoms with Crippen LogP contribution in [0.3, 0.4) is 0 Å². The molecule has 1 saturated heterocycles. The number of urea groups is 1. The molecule has 1 aliphatic rings. The summed E-state index contributed by atoms with van der Waals surface area (Å²) >= 11 is 0. The Morgan fingerprint density at radius 2 is 1.77 bits per heavy atom. The highest BCUT2D eigenvalue weighted by atomic mass is 16.6. The maximum Gasteiger partial charge on any atom is 0.328 e. The number of nitrogens with zero attached hydrogens (tertiary/aromatic N) is 1. The highest BCUT2D eigenvalue weighted by Gasteiger charge is 2.28. The fourth-order valence-corrected chi connectivity index (χ4v) is 1.75. The van der Waals surface area contributed by atoms with Crippen LogP contribution in [-0.2, 0) is 9.59 Å². The van der Waals surface area contributed by atoms with Crippen LogP contribution in [-0.4, -0.2) is 29.9 Å². The number of hydrogen-bond acceptors (Lipinski definition) is 7. The number of hydrogen-bond donors (Lipinski definition) is 2. The molecule has 10 heteroatoms. The molecule has 2 rings (SSSR count). The van der Waals surface area contributed by atoms with Gasteiger partial charge in [-0.15, -0.1) is 0 Å². The normalized spacial score (nSPS) is 14.2. The summed E-state index contributed by atoms with van der Waals surface area (Å²) in [5.41, 5.74) is -1.17. The average Bonchev–Trinajstić information content (AvgIpc) is 2.43. The Kier molecular flexibility index (Phi) is 3.75. The fraction of sp³-hybridized carbons (Fsp3) is 0.0833. The third-order valence-corrected chi connectivity index (χ3v) is 2.73. The Bertz CT molecular complexity index is 716. The van der Waals surface area contributed by atoms with Gasteiger partial charge in [0.2, 0.25) is 0 Å². The van der Waals surface area contributed by atoms with Crippen molar-refractivity contribution >= 4 is 29.6 Å². The van der Waals surface area contributed by atoms with Crippen molar-refractivity contribution in [3.05, 3.63) is 33.4 Å². The third-order valence-electron chi connectivity index (χ3n) is 2.73. The summed E-state index contributed by atoms with van der Waals surface area (Å²) in [6, 6.07) is 1.07. The van der Waals surface area contributed by atoms with Crippen molar-refractivity contribution in [2.24, 2.45) is 0 Å². The van der Waals surface area contributed by atoms with Gasteiger partial charge in [-0.1, -0.05) is 0 Å². The number of nitrogens with one attached hydrogen (secondary N) is 2. The third kappa shape index (κ3) is 2.70. The minimum absolute atomic E-state index is 0.0257. The minimum atomic E-state index is -0.967. The Hall–Kier alpha value is -3.43. The fourth-order valence-electron chi connectivity index (χ4n) is 1.75. The topological polar surface area (TPSA) is 151 Å². The van der Waals surface area contributed by atoms with Crippen LogP contribution < -0.4 is 20.5 Å². The van der Waals surface area contributed by atoms with Crippen LogP contribution in [0.1, 0.15) is 5.56 Å². The number of nitro groups is 1. The number of barbiturate groups is 1. The van der Waals surface area contributed by atoms with E-state index in [1.54, 1.807) is 0 Å². The number of carbonyl (C=O) groups excluding carboxylic acids is 3. The molecule has 1 heterocycles. The number of benzene rings is 1. The zero-order valence-electron chi connectivity index (χ0n) is 11.0. The average molecular weight is 306 g/mol. The maximum atomic E-state index is 11.7. The molecule has 0 spiro atoms. The van der Waals surface area contributed by atoms with Crippen LogP contribution in [0.15, 0.2) is 17.7 Å². The van der Waals surface area contributed by atoms with Gasteiger partial charge in [0, 0.05) is 11.8 Å². The number of nitro benzene ring substituents is 1. The van der Waals surface area contributed by atoms with Gasteiger partial charge in [0.15, 0.2) is 0 Å². The van der Waals surface area contributed by atoms with Gasteiger partial charge in [0.05, 0.1) is 12.0 Å². The van der Waals surface area contributed by atoms with E-state index in [0.29, 0.717) is 0 Å². The number of methoxy groups -OCH3 is 1. The molecule has 22 heavy (non-hydrogen) atoms. The first kappa shape index (κ1) is 15.0. The van der Waals surface area contributed by atoms with Crippen LogP contribution >= 0.6 is 0 Å². The molecule has 2 N–H and O–H groups in total. The minimum Gasteiger partial charge on any atom is -0.865 e. The lowest BCUT2D eigenvalue weighted by Gasteiger charge is -2.15. The van der Waals surface area contributed by atoms with E-state index in [2.05, 4.69) is 0 Å². The summed E-state index contributed by atoms with van der Waals surface area (Å²) in [7, 11) is 1.15. The summed E-state index contributed by atoms with van der Waals surface area (Å²) in [4.78, 5) is 44.0. The number of carbonyl (C=O) groups is 3. The molecule has 0 saturated carbocycles. The quantitative estimate of drug-likeness (QED) is 0.328. The molecule has 0 aliphatic carbocycles. The van der Waals surface area contributed by atoms with E-state index in [1.807, 2.05) is 10.6 Å². The second-order valence-corrected chi connectivity index (χ2v) is 4.12. The molecular formula is C12H8N3O7-. The first-order chi connectivity index (χ1) is 10.3. The van der Waals surface area contributed by atoms with Gasteiger partial charge in [-0.2, -0.15) is 0 Å². The Morgan fingerprint density at radius 3 is 2.27 bits per heavy atom. The highest BCUT2D eigenvalue weighted by molar-refractivity contribution is 6.31. The smallest absolute Gasteiger partial charge is 0.328 e. The number of rotatable bonds is 3. The van der Waals surface area contributed by atoms with E-state index in [0.717, 1.165) is 25.3 Å². The molecule has 10 nitrogen and oxygen atoms in total. The monoisotopic (exact) mass is 306 g/mol. The SMILES string of the molecule is COc1cc(C=C2C(=O)NC(=O)NC2=O)cc([N+](=O)[O-])c1[O-]. The van der Waals surface area contributed by atoms with E-state index in [9.17, 15) is 29.6 Å². The zero-order chi connectivity index (χ0) is 16.4. The van der Waals surface area contributed by atoms with E-state index >= 15 is 0 Å². The molecular weight excluding hydrogens is 298 g/mol. The molecule has 0 radical (unpaired) electrons. The molecule has 0 atom stereocenters. The van der Waals surface area contributed by atoms with E-state index in [-0.39, 0.29) is 11.3 Å². The van der Waals surface area contributed by atoms with Crippen LogP contribution in [0, 0.1) is 10.1 Å². The van der Waals surface area contributed by atoms with E-state index in [1.165, 1.54) is 0 Å². The first-order valence-electron chi connectivity index (χ1n) is 5.75. The van der Waals surface area contributed by atoms with Gasteiger partial charge in [-0.25, -0.2) is 4.79 Å².